The highest BCUT2D eigenvalue weighted by molar-refractivity contribution is 5.65. The van der Waals surface area contributed by atoms with E-state index in [0.29, 0.717) is 33.0 Å². The molecule has 35 heavy (non-hydrogen) atoms. The first-order valence-corrected chi connectivity index (χ1v) is 11.0. The molecule has 198 valence electrons. The molecule has 0 unspecified atom stereocenters. The largest absolute Gasteiger partial charge is 0.389 e. The maximum absolute atomic E-state index is 11.1. The molecule has 15 nitrogen and oxygen atoms in total. The second-order valence-corrected chi connectivity index (χ2v) is 7.57. The smallest absolute Gasteiger partial charge is 0.299 e. The summed E-state index contributed by atoms with van der Waals surface area (Å²) in [4.78, 5) is 20.5. The van der Waals surface area contributed by atoms with Gasteiger partial charge in [0.05, 0.1) is 87.5 Å². The van der Waals surface area contributed by atoms with Crippen molar-refractivity contribution in [3.05, 3.63) is 38.4 Å². The zero-order valence-electron chi connectivity index (χ0n) is 19.2. The molecular weight excluding hydrogens is 472 g/mol. The number of rotatable bonds is 17. The zero-order chi connectivity index (χ0) is 25.6. The van der Waals surface area contributed by atoms with Gasteiger partial charge in [0.1, 0.15) is 17.9 Å². The van der Waals surface area contributed by atoms with E-state index in [1.807, 2.05) is 0 Å². The maximum atomic E-state index is 11.1. The van der Waals surface area contributed by atoms with E-state index in [1.54, 1.807) is 0 Å². The van der Waals surface area contributed by atoms with Crippen LogP contribution >= 0.6 is 0 Å². The molecule has 0 saturated carbocycles. The summed E-state index contributed by atoms with van der Waals surface area (Å²) in [5.41, 5.74) is 5.04. The SMILES string of the molecule is N[C@@H]1CO[C@H](COCCOCCOCCOCCNc2ccc([N+](=O)[O-])cc2[N+](=O)[O-])[C@H](O)[C@@H]1O. The van der Waals surface area contributed by atoms with Gasteiger partial charge in [0, 0.05) is 12.6 Å². The van der Waals surface area contributed by atoms with Crippen LogP contribution in [0.4, 0.5) is 17.1 Å². The molecule has 1 saturated heterocycles. The Morgan fingerprint density at radius 1 is 0.943 bits per heavy atom. The van der Waals surface area contributed by atoms with Crippen LogP contribution in [0.3, 0.4) is 0 Å². The number of nitro groups is 2. The lowest BCUT2D eigenvalue weighted by atomic mass is 9.99. The Hall–Kier alpha value is -2.50. The van der Waals surface area contributed by atoms with E-state index < -0.39 is 34.2 Å². The minimum absolute atomic E-state index is 0.120. The van der Waals surface area contributed by atoms with Crippen LogP contribution in [0.1, 0.15) is 0 Å². The standard InChI is InChI=1S/C20H32N4O11/c21-15-12-35-18(20(26)19(15)25)13-34-10-9-33-8-7-32-6-5-31-4-3-22-16-2-1-14(23(27)28)11-17(16)24(29)30/h1-2,11,15,18-20,22,25-26H,3-10,12-13,21H2/t15-,18-,19-,20+/m1/s1. The van der Waals surface area contributed by atoms with E-state index in [0.717, 1.165) is 6.07 Å². The molecule has 1 aliphatic heterocycles. The normalized spacial score (nSPS) is 22.1. The summed E-state index contributed by atoms with van der Waals surface area (Å²) in [6.07, 6.45) is -2.76. The minimum Gasteiger partial charge on any atom is -0.389 e. The monoisotopic (exact) mass is 504 g/mol. The fraction of sp³-hybridized carbons (Fsp3) is 0.700. The highest BCUT2D eigenvalue weighted by Crippen LogP contribution is 2.28. The predicted molar refractivity (Wildman–Crippen MR) is 121 cm³/mol. The molecule has 1 heterocycles. The summed E-state index contributed by atoms with van der Waals surface area (Å²) in [6, 6.07) is 2.77. The van der Waals surface area contributed by atoms with Crippen molar-refractivity contribution in [2.45, 2.75) is 24.4 Å². The number of nitrogens with one attached hydrogen (secondary N) is 1. The molecule has 1 aliphatic rings. The molecule has 5 N–H and O–H groups in total. The van der Waals surface area contributed by atoms with E-state index in [-0.39, 0.29) is 50.0 Å². The summed E-state index contributed by atoms with van der Waals surface area (Å²) in [6.45, 7) is 2.77. The molecule has 0 spiro atoms. The molecule has 15 heteroatoms. The first-order valence-electron chi connectivity index (χ1n) is 11.0. The van der Waals surface area contributed by atoms with Gasteiger partial charge < -0.3 is 44.9 Å². The number of nitrogens with zero attached hydrogens (tertiary/aromatic N) is 2. The zero-order valence-corrected chi connectivity index (χ0v) is 19.2. The van der Waals surface area contributed by atoms with E-state index in [9.17, 15) is 30.4 Å². The van der Waals surface area contributed by atoms with Gasteiger partial charge in [-0.05, 0) is 6.07 Å². The van der Waals surface area contributed by atoms with Gasteiger partial charge in [-0.1, -0.05) is 0 Å². The van der Waals surface area contributed by atoms with Crippen molar-refractivity contribution in [2.75, 3.05) is 71.3 Å². The predicted octanol–water partition coefficient (Wildman–Crippen LogP) is -0.571. The van der Waals surface area contributed by atoms with Crippen LogP contribution in [0, 0.1) is 20.2 Å². The summed E-state index contributed by atoms with van der Waals surface area (Å²) in [5, 5.41) is 44.2. The topological polar surface area (TPSA) is 211 Å². The lowest BCUT2D eigenvalue weighted by Gasteiger charge is -2.35. The van der Waals surface area contributed by atoms with Crippen molar-refractivity contribution in [2.24, 2.45) is 5.73 Å². The molecule has 1 aromatic rings. The molecular formula is C20H32N4O11. The Morgan fingerprint density at radius 2 is 1.54 bits per heavy atom. The average Bonchev–Trinajstić information content (AvgIpc) is 2.83. The summed E-state index contributed by atoms with van der Waals surface area (Å²) < 4.78 is 26.8. The third-order valence-electron chi connectivity index (χ3n) is 5.02. The van der Waals surface area contributed by atoms with Crippen LogP contribution in [0.5, 0.6) is 0 Å². The third kappa shape index (κ3) is 9.95. The Bertz CT molecular complexity index is 800. The lowest BCUT2D eigenvalue weighted by molar-refractivity contribution is -0.393. The molecule has 2 rings (SSSR count). The van der Waals surface area contributed by atoms with Gasteiger partial charge in [-0.3, -0.25) is 20.2 Å². The Morgan fingerprint density at radius 3 is 2.14 bits per heavy atom. The number of nitrogens with two attached hydrogens (primary N) is 1. The second-order valence-electron chi connectivity index (χ2n) is 7.57. The van der Waals surface area contributed by atoms with Gasteiger partial charge in [-0.2, -0.15) is 0 Å². The van der Waals surface area contributed by atoms with Crippen LogP contribution < -0.4 is 11.1 Å². The average molecular weight is 504 g/mol. The first-order chi connectivity index (χ1) is 16.8. The van der Waals surface area contributed by atoms with Crippen molar-refractivity contribution in [3.8, 4) is 0 Å². The maximum Gasteiger partial charge on any atom is 0.299 e. The molecule has 0 aliphatic carbocycles. The number of nitro benzene ring substituents is 2. The van der Waals surface area contributed by atoms with Crippen LogP contribution in [0.15, 0.2) is 18.2 Å². The fourth-order valence-corrected chi connectivity index (χ4v) is 3.10. The fourth-order valence-electron chi connectivity index (χ4n) is 3.10. The Kier molecular flexibility index (Phi) is 12.7. The quantitative estimate of drug-likeness (QED) is 0.119. The minimum atomic E-state index is -1.09. The van der Waals surface area contributed by atoms with Crippen molar-refractivity contribution >= 4 is 17.1 Å². The van der Waals surface area contributed by atoms with Gasteiger partial charge in [0.2, 0.25) is 0 Å². The summed E-state index contributed by atoms with van der Waals surface area (Å²) in [7, 11) is 0. The van der Waals surface area contributed by atoms with Gasteiger partial charge in [0.15, 0.2) is 0 Å². The Balaban J connectivity index is 1.42. The van der Waals surface area contributed by atoms with Crippen LogP contribution in [-0.2, 0) is 23.7 Å². The Labute approximate surface area is 201 Å². The van der Waals surface area contributed by atoms with Gasteiger partial charge in [-0.25, -0.2) is 0 Å². The first kappa shape index (κ1) is 28.7. The number of non-ortho nitro benzene ring substituents is 1. The van der Waals surface area contributed by atoms with Crippen molar-refractivity contribution in [1.29, 1.82) is 0 Å². The number of hydrogen-bond acceptors (Lipinski definition) is 13. The highest BCUT2D eigenvalue weighted by atomic mass is 16.6. The van der Waals surface area contributed by atoms with Crippen molar-refractivity contribution in [1.82, 2.24) is 0 Å². The van der Waals surface area contributed by atoms with E-state index in [4.69, 9.17) is 29.4 Å². The molecule has 0 amide bonds. The summed E-state index contributed by atoms with van der Waals surface area (Å²) in [5.74, 6) is 0. The number of hydrogen-bond donors (Lipinski definition) is 4. The molecule has 0 aromatic heterocycles. The number of ether oxygens (including phenoxy) is 5. The van der Waals surface area contributed by atoms with Gasteiger partial charge in [-0.15, -0.1) is 0 Å². The van der Waals surface area contributed by atoms with E-state index in [2.05, 4.69) is 5.32 Å². The molecule has 0 radical (unpaired) electrons. The van der Waals surface area contributed by atoms with Gasteiger partial charge >= 0.3 is 0 Å². The highest BCUT2D eigenvalue weighted by Gasteiger charge is 2.36. The van der Waals surface area contributed by atoms with Crippen molar-refractivity contribution < 1.29 is 43.7 Å². The van der Waals surface area contributed by atoms with Crippen LogP contribution in [-0.4, -0.2) is 110 Å². The number of aliphatic hydroxyl groups excluding tert-OH is 2. The summed E-state index contributed by atoms with van der Waals surface area (Å²) >= 11 is 0. The number of aliphatic hydroxyl groups is 2. The van der Waals surface area contributed by atoms with Gasteiger partial charge in [0.25, 0.3) is 11.4 Å². The lowest BCUT2D eigenvalue weighted by Crippen LogP contribution is -2.57. The van der Waals surface area contributed by atoms with E-state index >= 15 is 0 Å². The van der Waals surface area contributed by atoms with Crippen LogP contribution in [0.2, 0.25) is 0 Å². The molecule has 0 bridgehead atoms. The molecule has 4 atom stereocenters. The third-order valence-corrected chi connectivity index (χ3v) is 5.02. The molecule has 1 aromatic carbocycles. The van der Waals surface area contributed by atoms with Crippen molar-refractivity contribution in [3.63, 3.8) is 0 Å². The van der Waals surface area contributed by atoms with Crippen LogP contribution in [0.25, 0.3) is 0 Å². The molecule has 1 fully saturated rings. The second kappa shape index (κ2) is 15.5. The van der Waals surface area contributed by atoms with E-state index in [1.165, 1.54) is 12.1 Å². The number of benzene rings is 1. The number of anilines is 1.